The molecule has 0 heterocycles. The van der Waals surface area contributed by atoms with E-state index in [-0.39, 0.29) is 12.2 Å². The van der Waals surface area contributed by atoms with Crippen molar-refractivity contribution in [1.82, 2.24) is 0 Å². The van der Waals surface area contributed by atoms with Crippen LogP contribution in [0.3, 0.4) is 0 Å². The number of carbonyl (C=O) groups is 1. The van der Waals surface area contributed by atoms with Crippen LogP contribution in [0.4, 0.5) is 0 Å². The van der Waals surface area contributed by atoms with Gasteiger partial charge in [0.05, 0.1) is 19.6 Å². The number of hydrogen-bond donors (Lipinski definition) is 2. The molecule has 0 spiro atoms. The van der Waals surface area contributed by atoms with Gasteiger partial charge in [0.1, 0.15) is 5.75 Å². The standard InChI is InChI=1S/C19H22O5/c1-3-10-24-18-14(7-5-9-17(18)23-2)12-16(19(21)22)13-6-4-8-15(20)11-13/h4-9,11,16,20H,3,10,12H2,1-2H3,(H,21,22). The van der Waals surface area contributed by atoms with Gasteiger partial charge in [-0.2, -0.15) is 0 Å². The second-order valence-corrected chi connectivity index (χ2v) is 5.49. The van der Waals surface area contributed by atoms with Crippen molar-refractivity contribution in [2.24, 2.45) is 0 Å². The molecule has 0 saturated carbocycles. The summed E-state index contributed by atoms with van der Waals surface area (Å²) in [6.45, 7) is 2.53. The van der Waals surface area contributed by atoms with Gasteiger partial charge in [-0.05, 0) is 42.2 Å². The number of aromatic hydroxyl groups is 1. The number of methoxy groups -OCH3 is 1. The van der Waals surface area contributed by atoms with E-state index in [9.17, 15) is 15.0 Å². The van der Waals surface area contributed by atoms with Crippen molar-refractivity contribution in [2.75, 3.05) is 13.7 Å². The lowest BCUT2D eigenvalue weighted by atomic mass is 9.91. The fourth-order valence-electron chi connectivity index (χ4n) is 2.56. The number of benzene rings is 2. The number of carboxylic acid groups (broad SMARTS) is 1. The van der Waals surface area contributed by atoms with Gasteiger partial charge in [0.25, 0.3) is 0 Å². The molecule has 2 N–H and O–H groups in total. The van der Waals surface area contributed by atoms with Gasteiger partial charge in [0, 0.05) is 0 Å². The third kappa shape index (κ3) is 4.19. The van der Waals surface area contributed by atoms with Crippen molar-refractivity contribution >= 4 is 5.97 Å². The van der Waals surface area contributed by atoms with Crippen LogP contribution in [0.2, 0.25) is 0 Å². The van der Waals surface area contributed by atoms with E-state index in [0.717, 1.165) is 12.0 Å². The van der Waals surface area contributed by atoms with E-state index in [2.05, 4.69) is 0 Å². The molecule has 2 rings (SSSR count). The van der Waals surface area contributed by atoms with Crippen LogP contribution < -0.4 is 9.47 Å². The van der Waals surface area contributed by atoms with E-state index in [0.29, 0.717) is 23.7 Å². The van der Waals surface area contributed by atoms with Gasteiger partial charge >= 0.3 is 5.97 Å². The maximum atomic E-state index is 11.7. The fraction of sp³-hybridized carbons (Fsp3) is 0.316. The Morgan fingerprint density at radius 1 is 1.21 bits per heavy atom. The first kappa shape index (κ1) is 17.7. The van der Waals surface area contributed by atoms with Crippen molar-refractivity contribution in [2.45, 2.75) is 25.7 Å². The smallest absolute Gasteiger partial charge is 0.311 e. The Labute approximate surface area is 141 Å². The highest BCUT2D eigenvalue weighted by atomic mass is 16.5. The highest BCUT2D eigenvalue weighted by Gasteiger charge is 2.23. The molecule has 0 fully saturated rings. The molecule has 1 atom stereocenters. The van der Waals surface area contributed by atoms with Gasteiger partial charge in [0.15, 0.2) is 11.5 Å². The summed E-state index contributed by atoms with van der Waals surface area (Å²) in [5, 5.41) is 19.2. The summed E-state index contributed by atoms with van der Waals surface area (Å²) in [6, 6.07) is 11.8. The van der Waals surface area contributed by atoms with Gasteiger partial charge < -0.3 is 19.7 Å². The summed E-state index contributed by atoms with van der Waals surface area (Å²) in [5.41, 5.74) is 1.31. The van der Waals surface area contributed by atoms with Gasteiger partial charge in [-0.1, -0.05) is 31.2 Å². The summed E-state index contributed by atoms with van der Waals surface area (Å²) < 4.78 is 11.1. The van der Waals surface area contributed by atoms with Crippen LogP contribution in [-0.2, 0) is 11.2 Å². The number of hydrogen-bond acceptors (Lipinski definition) is 4. The Morgan fingerprint density at radius 2 is 1.96 bits per heavy atom. The van der Waals surface area contributed by atoms with Crippen LogP contribution in [0.15, 0.2) is 42.5 Å². The van der Waals surface area contributed by atoms with Crippen LogP contribution in [0.5, 0.6) is 17.2 Å². The molecule has 128 valence electrons. The molecule has 0 aliphatic rings. The summed E-state index contributed by atoms with van der Waals surface area (Å²) in [4.78, 5) is 11.7. The zero-order chi connectivity index (χ0) is 17.5. The first-order chi connectivity index (χ1) is 11.6. The third-order valence-corrected chi connectivity index (χ3v) is 3.73. The molecule has 2 aromatic carbocycles. The minimum Gasteiger partial charge on any atom is -0.508 e. The van der Waals surface area contributed by atoms with E-state index >= 15 is 0 Å². The van der Waals surface area contributed by atoms with Gasteiger partial charge in [0.2, 0.25) is 0 Å². The van der Waals surface area contributed by atoms with Crippen LogP contribution in [0.1, 0.15) is 30.4 Å². The first-order valence-corrected chi connectivity index (χ1v) is 7.87. The number of carboxylic acids is 1. The minimum absolute atomic E-state index is 0.0480. The average Bonchev–Trinajstić information content (AvgIpc) is 2.57. The Hall–Kier alpha value is -2.69. The number of phenols is 1. The maximum absolute atomic E-state index is 11.7. The minimum atomic E-state index is -0.954. The summed E-state index contributed by atoms with van der Waals surface area (Å²) in [7, 11) is 1.56. The van der Waals surface area contributed by atoms with Crippen LogP contribution >= 0.6 is 0 Å². The molecule has 2 aromatic rings. The lowest BCUT2D eigenvalue weighted by molar-refractivity contribution is -0.138. The Kier molecular flexibility index (Phi) is 6.07. The maximum Gasteiger partial charge on any atom is 0.311 e. The molecule has 5 heteroatoms. The molecular weight excluding hydrogens is 308 g/mol. The Morgan fingerprint density at radius 3 is 2.58 bits per heavy atom. The van der Waals surface area contributed by atoms with Gasteiger partial charge in [-0.15, -0.1) is 0 Å². The molecule has 0 radical (unpaired) electrons. The predicted molar refractivity (Wildman–Crippen MR) is 91.0 cm³/mol. The zero-order valence-corrected chi connectivity index (χ0v) is 13.9. The van der Waals surface area contributed by atoms with Crippen LogP contribution in [-0.4, -0.2) is 29.9 Å². The second kappa shape index (κ2) is 8.24. The first-order valence-electron chi connectivity index (χ1n) is 7.87. The lowest BCUT2D eigenvalue weighted by Gasteiger charge is -2.18. The summed E-state index contributed by atoms with van der Waals surface area (Å²) in [6.07, 6.45) is 1.08. The lowest BCUT2D eigenvalue weighted by Crippen LogP contribution is -2.15. The Balaban J connectivity index is 2.37. The van der Waals surface area contributed by atoms with Gasteiger partial charge in [-0.25, -0.2) is 0 Å². The molecule has 0 aliphatic heterocycles. The second-order valence-electron chi connectivity index (χ2n) is 5.49. The summed E-state index contributed by atoms with van der Waals surface area (Å²) >= 11 is 0. The molecule has 0 bridgehead atoms. The molecule has 0 saturated heterocycles. The molecular formula is C19H22O5. The summed E-state index contributed by atoms with van der Waals surface area (Å²) in [5.74, 6) is -0.529. The fourth-order valence-corrected chi connectivity index (χ4v) is 2.56. The van der Waals surface area contributed by atoms with E-state index in [1.165, 1.54) is 12.1 Å². The SMILES string of the molecule is CCCOc1c(CC(C(=O)O)c2cccc(O)c2)cccc1OC. The van der Waals surface area contributed by atoms with Crippen molar-refractivity contribution < 1.29 is 24.5 Å². The quantitative estimate of drug-likeness (QED) is 0.773. The highest BCUT2D eigenvalue weighted by Crippen LogP contribution is 2.35. The van der Waals surface area contributed by atoms with Crippen molar-refractivity contribution in [3.8, 4) is 17.2 Å². The zero-order valence-electron chi connectivity index (χ0n) is 13.9. The van der Waals surface area contributed by atoms with E-state index in [1.807, 2.05) is 19.1 Å². The average molecular weight is 330 g/mol. The normalized spacial score (nSPS) is 11.8. The molecule has 0 aliphatic carbocycles. The van der Waals surface area contributed by atoms with E-state index in [1.54, 1.807) is 25.3 Å². The number of ether oxygens (including phenoxy) is 2. The van der Waals surface area contributed by atoms with E-state index < -0.39 is 11.9 Å². The van der Waals surface area contributed by atoms with Crippen LogP contribution in [0.25, 0.3) is 0 Å². The van der Waals surface area contributed by atoms with E-state index in [4.69, 9.17) is 9.47 Å². The number of phenolic OH excluding ortho intramolecular Hbond substituents is 1. The molecule has 24 heavy (non-hydrogen) atoms. The van der Waals surface area contributed by atoms with Crippen LogP contribution in [0, 0.1) is 0 Å². The topological polar surface area (TPSA) is 76.0 Å². The monoisotopic (exact) mass is 330 g/mol. The highest BCUT2D eigenvalue weighted by molar-refractivity contribution is 5.77. The van der Waals surface area contributed by atoms with Crippen molar-refractivity contribution in [1.29, 1.82) is 0 Å². The molecule has 0 amide bonds. The number of aliphatic carboxylic acids is 1. The number of rotatable bonds is 8. The van der Waals surface area contributed by atoms with Crippen molar-refractivity contribution in [3.63, 3.8) is 0 Å². The number of para-hydroxylation sites is 1. The van der Waals surface area contributed by atoms with Gasteiger partial charge in [-0.3, -0.25) is 4.79 Å². The molecule has 1 unspecified atom stereocenters. The predicted octanol–water partition coefficient (Wildman–Crippen LogP) is 3.60. The largest absolute Gasteiger partial charge is 0.508 e. The Bertz CT molecular complexity index is 696. The third-order valence-electron chi connectivity index (χ3n) is 3.73. The van der Waals surface area contributed by atoms with Crippen molar-refractivity contribution in [3.05, 3.63) is 53.6 Å². The molecule has 5 nitrogen and oxygen atoms in total. The molecule has 0 aromatic heterocycles.